The van der Waals surface area contributed by atoms with E-state index in [1.165, 1.54) is 4.88 Å². The number of aryl methyl sites for hydroxylation is 2. The molecule has 0 N–H and O–H groups in total. The van der Waals surface area contributed by atoms with E-state index in [4.69, 9.17) is 4.52 Å². The summed E-state index contributed by atoms with van der Waals surface area (Å²) < 4.78 is 7.06. The van der Waals surface area contributed by atoms with Crippen molar-refractivity contribution < 1.29 is 4.52 Å². The Morgan fingerprint density at radius 3 is 3.11 bits per heavy atom. The van der Waals surface area contributed by atoms with Gasteiger partial charge in [-0.2, -0.15) is 10.1 Å². The van der Waals surface area contributed by atoms with Crippen LogP contribution in [0.25, 0.3) is 0 Å². The van der Waals surface area contributed by atoms with E-state index < -0.39 is 0 Å². The first-order chi connectivity index (χ1) is 8.90. The lowest BCUT2D eigenvalue weighted by molar-refractivity contribution is 0.365. The summed E-state index contributed by atoms with van der Waals surface area (Å²) >= 11 is 1.70. The van der Waals surface area contributed by atoms with Crippen molar-refractivity contribution in [3.63, 3.8) is 0 Å². The van der Waals surface area contributed by atoms with Gasteiger partial charge >= 0.3 is 0 Å². The maximum atomic E-state index is 5.21. The molecule has 0 bridgehead atoms. The van der Waals surface area contributed by atoms with Crippen LogP contribution in [0, 0.1) is 0 Å². The monoisotopic (exact) mass is 260 g/mol. The van der Waals surface area contributed by atoms with Gasteiger partial charge in [-0.25, -0.2) is 0 Å². The highest BCUT2D eigenvalue weighted by Gasteiger charge is 2.07. The van der Waals surface area contributed by atoms with E-state index in [-0.39, 0.29) is 0 Å². The smallest absolute Gasteiger partial charge is 0.228 e. The van der Waals surface area contributed by atoms with E-state index in [0.29, 0.717) is 12.3 Å². The van der Waals surface area contributed by atoms with E-state index >= 15 is 0 Å². The zero-order valence-corrected chi connectivity index (χ0v) is 10.5. The molecule has 0 radical (unpaired) electrons. The van der Waals surface area contributed by atoms with Gasteiger partial charge in [0.1, 0.15) is 0 Å². The summed E-state index contributed by atoms with van der Waals surface area (Å²) in [7, 11) is 0. The Balaban J connectivity index is 1.59. The average molecular weight is 260 g/mol. The number of hydrogen-bond acceptors (Lipinski definition) is 5. The van der Waals surface area contributed by atoms with Crippen LogP contribution in [-0.2, 0) is 19.4 Å². The zero-order valence-electron chi connectivity index (χ0n) is 9.69. The number of rotatable bonds is 5. The molecule has 3 heterocycles. The minimum absolute atomic E-state index is 0.664. The number of aromatic nitrogens is 4. The molecule has 5 nitrogen and oxygen atoms in total. The Bertz CT molecular complexity index is 585. The summed E-state index contributed by atoms with van der Waals surface area (Å²) in [4.78, 5) is 5.62. The molecule has 0 atom stereocenters. The summed E-state index contributed by atoms with van der Waals surface area (Å²) in [6.45, 7) is 0.758. The lowest BCUT2D eigenvalue weighted by atomic mass is 10.3. The fraction of sp³-hybridized carbons (Fsp3) is 0.250. The van der Waals surface area contributed by atoms with Crippen molar-refractivity contribution in [2.75, 3.05) is 0 Å². The molecule has 0 amide bonds. The first kappa shape index (κ1) is 11.2. The van der Waals surface area contributed by atoms with E-state index in [2.05, 4.69) is 21.3 Å². The number of nitrogens with zero attached hydrogens (tertiary/aromatic N) is 4. The fourth-order valence-electron chi connectivity index (χ4n) is 1.68. The third-order valence-corrected chi connectivity index (χ3v) is 3.41. The van der Waals surface area contributed by atoms with Crippen LogP contribution in [0.15, 0.2) is 40.5 Å². The molecule has 0 aromatic carbocycles. The topological polar surface area (TPSA) is 56.7 Å². The Morgan fingerprint density at radius 1 is 1.33 bits per heavy atom. The highest BCUT2D eigenvalue weighted by atomic mass is 32.1. The third kappa shape index (κ3) is 2.65. The number of thiophene rings is 1. The molecule has 92 valence electrons. The van der Waals surface area contributed by atoms with Gasteiger partial charge in [0.2, 0.25) is 5.89 Å². The molecule has 18 heavy (non-hydrogen) atoms. The van der Waals surface area contributed by atoms with Gasteiger partial charge < -0.3 is 4.52 Å². The molecule has 0 saturated carbocycles. The van der Waals surface area contributed by atoms with Crippen molar-refractivity contribution in [3.05, 3.63) is 52.6 Å². The molecule has 0 saturated heterocycles. The second-order valence-corrected chi connectivity index (χ2v) is 4.91. The van der Waals surface area contributed by atoms with Crippen LogP contribution in [-0.4, -0.2) is 19.9 Å². The maximum absolute atomic E-state index is 5.21. The first-order valence-electron chi connectivity index (χ1n) is 5.71. The summed E-state index contributed by atoms with van der Waals surface area (Å²) in [5.74, 6) is 1.41. The largest absolute Gasteiger partial charge is 0.339 e. The van der Waals surface area contributed by atoms with Crippen LogP contribution in [0.2, 0.25) is 0 Å². The molecule has 0 aliphatic carbocycles. The summed E-state index contributed by atoms with van der Waals surface area (Å²) in [6.07, 6.45) is 5.13. The molecule has 0 fully saturated rings. The van der Waals surface area contributed by atoms with Crippen molar-refractivity contribution >= 4 is 11.3 Å². The van der Waals surface area contributed by atoms with Crippen LogP contribution in [0.4, 0.5) is 0 Å². The van der Waals surface area contributed by atoms with E-state index in [1.54, 1.807) is 17.5 Å². The summed E-state index contributed by atoms with van der Waals surface area (Å²) in [5, 5.41) is 10.2. The minimum atomic E-state index is 0.664. The lowest BCUT2D eigenvalue weighted by Crippen LogP contribution is -2.01. The Labute approximate surface area is 108 Å². The van der Waals surface area contributed by atoms with Crippen LogP contribution in [0.5, 0.6) is 0 Å². The zero-order chi connectivity index (χ0) is 12.2. The maximum Gasteiger partial charge on any atom is 0.228 e. The predicted octanol–water partition coefficient (Wildman–Crippen LogP) is 2.16. The normalized spacial score (nSPS) is 10.9. The quantitative estimate of drug-likeness (QED) is 0.705. The molecular formula is C12H12N4OS. The molecule has 3 rings (SSSR count). The van der Waals surface area contributed by atoms with E-state index in [1.807, 2.05) is 28.4 Å². The van der Waals surface area contributed by atoms with Crippen LogP contribution in [0.1, 0.15) is 16.6 Å². The standard InChI is InChI=1S/C12H12N4OS/c1-3-10(18-8-1)9-11-14-12(17-15-11)4-7-16-6-2-5-13-16/h1-3,5-6,8H,4,7,9H2. The average Bonchev–Trinajstić information content (AvgIpc) is 3.09. The van der Waals surface area contributed by atoms with Crippen LogP contribution in [0.3, 0.4) is 0 Å². The van der Waals surface area contributed by atoms with Crippen LogP contribution >= 0.6 is 11.3 Å². The molecule has 3 aromatic heterocycles. The summed E-state index contributed by atoms with van der Waals surface area (Å²) in [5.41, 5.74) is 0. The lowest BCUT2D eigenvalue weighted by Gasteiger charge is -1.95. The Morgan fingerprint density at radius 2 is 2.33 bits per heavy atom. The molecule has 0 unspecified atom stereocenters. The van der Waals surface area contributed by atoms with Crippen molar-refractivity contribution in [2.24, 2.45) is 0 Å². The highest BCUT2D eigenvalue weighted by Crippen LogP contribution is 2.13. The molecule has 0 aliphatic heterocycles. The van der Waals surface area contributed by atoms with Gasteiger partial charge in [0, 0.05) is 36.7 Å². The SMILES string of the molecule is c1csc(Cc2noc(CCn3cccn3)n2)c1. The van der Waals surface area contributed by atoms with Crippen LogP contribution < -0.4 is 0 Å². The third-order valence-electron chi connectivity index (χ3n) is 2.54. The van der Waals surface area contributed by atoms with Gasteiger partial charge in [-0.3, -0.25) is 4.68 Å². The second kappa shape index (κ2) is 5.14. The van der Waals surface area contributed by atoms with Crippen molar-refractivity contribution in [1.82, 2.24) is 19.9 Å². The van der Waals surface area contributed by atoms with Crippen molar-refractivity contribution in [1.29, 1.82) is 0 Å². The second-order valence-electron chi connectivity index (χ2n) is 3.88. The van der Waals surface area contributed by atoms with Gasteiger partial charge in [0.25, 0.3) is 0 Å². The summed E-state index contributed by atoms with van der Waals surface area (Å²) in [6, 6.07) is 6.00. The van der Waals surface area contributed by atoms with Gasteiger partial charge in [-0.05, 0) is 17.5 Å². The predicted molar refractivity (Wildman–Crippen MR) is 67.4 cm³/mol. The first-order valence-corrected chi connectivity index (χ1v) is 6.59. The van der Waals surface area contributed by atoms with Gasteiger partial charge in [0.15, 0.2) is 5.82 Å². The molecule has 3 aromatic rings. The highest BCUT2D eigenvalue weighted by molar-refractivity contribution is 7.09. The van der Waals surface area contributed by atoms with Gasteiger partial charge in [-0.1, -0.05) is 11.2 Å². The van der Waals surface area contributed by atoms with E-state index in [0.717, 1.165) is 18.8 Å². The Hall–Kier alpha value is -1.95. The van der Waals surface area contributed by atoms with Gasteiger partial charge in [0.05, 0.1) is 0 Å². The molecule has 0 aliphatic rings. The molecule has 6 heteroatoms. The molecular weight excluding hydrogens is 248 g/mol. The molecule has 0 spiro atoms. The van der Waals surface area contributed by atoms with Crippen molar-refractivity contribution in [3.8, 4) is 0 Å². The van der Waals surface area contributed by atoms with Crippen molar-refractivity contribution in [2.45, 2.75) is 19.4 Å². The number of hydrogen-bond donors (Lipinski definition) is 0. The van der Waals surface area contributed by atoms with Gasteiger partial charge in [-0.15, -0.1) is 11.3 Å². The Kier molecular flexibility index (Phi) is 3.18. The van der Waals surface area contributed by atoms with E-state index in [9.17, 15) is 0 Å². The fourth-order valence-corrected chi connectivity index (χ4v) is 2.38. The minimum Gasteiger partial charge on any atom is -0.339 e.